The minimum absolute atomic E-state index is 0.272. The van der Waals surface area contributed by atoms with Gasteiger partial charge in [0.25, 0.3) is 0 Å². The molecule has 1 aromatic heterocycles. The van der Waals surface area contributed by atoms with E-state index in [9.17, 15) is 4.79 Å². The predicted octanol–water partition coefficient (Wildman–Crippen LogP) is 2.91. The SMILES string of the molecule is CCCCCOC(=O)c1ccc2[nH]cnc2c1. The number of aromatic amines is 1. The van der Waals surface area contributed by atoms with Crippen molar-refractivity contribution in [3.05, 3.63) is 30.1 Å². The van der Waals surface area contributed by atoms with E-state index in [4.69, 9.17) is 4.74 Å². The number of fused-ring (bicyclic) bond motifs is 1. The Kier molecular flexibility index (Phi) is 3.75. The van der Waals surface area contributed by atoms with Crippen molar-refractivity contribution >= 4 is 17.0 Å². The molecule has 0 bridgehead atoms. The molecular formula is C13H16N2O2. The van der Waals surface area contributed by atoms with Crippen LogP contribution in [0.4, 0.5) is 0 Å². The molecule has 4 heteroatoms. The second kappa shape index (κ2) is 5.48. The zero-order chi connectivity index (χ0) is 12.1. The van der Waals surface area contributed by atoms with E-state index < -0.39 is 0 Å². The van der Waals surface area contributed by atoms with Crippen molar-refractivity contribution in [1.82, 2.24) is 9.97 Å². The maximum Gasteiger partial charge on any atom is 0.338 e. The number of hydrogen-bond acceptors (Lipinski definition) is 3. The molecule has 90 valence electrons. The van der Waals surface area contributed by atoms with Gasteiger partial charge < -0.3 is 9.72 Å². The van der Waals surface area contributed by atoms with Crippen LogP contribution in [0.15, 0.2) is 24.5 Å². The van der Waals surface area contributed by atoms with Gasteiger partial charge in [0.05, 0.1) is 29.5 Å². The highest BCUT2D eigenvalue weighted by Crippen LogP contribution is 2.12. The smallest absolute Gasteiger partial charge is 0.338 e. The third-order valence-electron chi connectivity index (χ3n) is 2.64. The number of rotatable bonds is 5. The quantitative estimate of drug-likeness (QED) is 0.637. The van der Waals surface area contributed by atoms with Crippen LogP contribution >= 0.6 is 0 Å². The first-order chi connectivity index (χ1) is 8.31. The summed E-state index contributed by atoms with van der Waals surface area (Å²) in [6, 6.07) is 5.33. The van der Waals surface area contributed by atoms with Crippen LogP contribution in [-0.2, 0) is 4.74 Å². The number of unbranched alkanes of at least 4 members (excludes halogenated alkanes) is 2. The third-order valence-corrected chi connectivity index (χ3v) is 2.64. The molecule has 1 heterocycles. The monoisotopic (exact) mass is 232 g/mol. The molecule has 17 heavy (non-hydrogen) atoms. The van der Waals surface area contributed by atoms with Crippen LogP contribution in [0.2, 0.25) is 0 Å². The number of imidazole rings is 1. The van der Waals surface area contributed by atoms with Gasteiger partial charge in [-0.3, -0.25) is 0 Å². The highest BCUT2D eigenvalue weighted by atomic mass is 16.5. The van der Waals surface area contributed by atoms with Crippen LogP contribution in [0.5, 0.6) is 0 Å². The van der Waals surface area contributed by atoms with Gasteiger partial charge in [-0.05, 0) is 24.6 Å². The van der Waals surface area contributed by atoms with E-state index in [1.165, 1.54) is 0 Å². The van der Waals surface area contributed by atoms with Crippen LogP contribution in [0.1, 0.15) is 36.5 Å². The Morgan fingerprint density at radius 1 is 1.41 bits per heavy atom. The lowest BCUT2D eigenvalue weighted by Gasteiger charge is -2.04. The Morgan fingerprint density at radius 3 is 3.12 bits per heavy atom. The Morgan fingerprint density at radius 2 is 2.29 bits per heavy atom. The first-order valence-electron chi connectivity index (χ1n) is 5.91. The maximum atomic E-state index is 11.7. The number of ether oxygens (including phenoxy) is 1. The summed E-state index contributed by atoms with van der Waals surface area (Å²) in [6.45, 7) is 2.61. The van der Waals surface area contributed by atoms with Crippen LogP contribution < -0.4 is 0 Å². The lowest BCUT2D eigenvalue weighted by atomic mass is 10.2. The minimum Gasteiger partial charge on any atom is -0.462 e. The van der Waals surface area contributed by atoms with Gasteiger partial charge in [-0.25, -0.2) is 9.78 Å². The summed E-state index contributed by atoms with van der Waals surface area (Å²) in [4.78, 5) is 18.8. The molecular weight excluding hydrogens is 216 g/mol. The molecule has 2 rings (SSSR count). The van der Waals surface area contributed by atoms with E-state index in [2.05, 4.69) is 16.9 Å². The van der Waals surface area contributed by atoms with Gasteiger partial charge in [0, 0.05) is 0 Å². The van der Waals surface area contributed by atoms with E-state index in [1.54, 1.807) is 18.5 Å². The molecule has 0 aliphatic heterocycles. The Hall–Kier alpha value is -1.84. The minimum atomic E-state index is -0.272. The highest BCUT2D eigenvalue weighted by Gasteiger charge is 2.08. The molecule has 0 spiro atoms. The van der Waals surface area contributed by atoms with Crippen LogP contribution in [0, 0.1) is 0 Å². The summed E-state index contributed by atoms with van der Waals surface area (Å²) in [5, 5.41) is 0. The molecule has 1 N–H and O–H groups in total. The lowest BCUT2D eigenvalue weighted by Crippen LogP contribution is -2.06. The van der Waals surface area contributed by atoms with Gasteiger partial charge in [-0.15, -0.1) is 0 Å². The van der Waals surface area contributed by atoms with Gasteiger partial charge in [0.2, 0.25) is 0 Å². The standard InChI is InChI=1S/C13H16N2O2/c1-2-3-4-7-17-13(16)10-5-6-11-12(8-10)15-9-14-11/h5-6,8-9H,2-4,7H2,1H3,(H,14,15). The molecule has 0 saturated heterocycles. The summed E-state index contributed by atoms with van der Waals surface area (Å²) in [6.07, 6.45) is 4.75. The van der Waals surface area contributed by atoms with Crippen molar-refractivity contribution in [3.8, 4) is 0 Å². The molecule has 0 radical (unpaired) electrons. The molecule has 0 aliphatic rings. The maximum absolute atomic E-state index is 11.7. The van der Waals surface area contributed by atoms with Gasteiger partial charge in [-0.2, -0.15) is 0 Å². The van der Waals surface area contributed by atoms with Crippen molar-refractivity contribution < 1.29 is 9.53 Å². The predicted molar refractivity (Wildman–Crippen MR) is 65.9 cm³/mol. The third kappa shape index (κ3) is 2.84. The summed E-state index contributed by atoms with van der Waals surface area (Å²) < 4.78 is 5.18. The molecule has 0 atom stereocenters. The fourth-order valence-electron chi connectivity index (χ4n) is 1.66. The Labute approximate surface area is 100 Å². The summed E-state index contributed by atoms with van der Waals surface area (Å²) >= 11 is 0. The number of esters is 1. The van der Waals surface area contributed by atoms with E-state index in [0.717, 1.165) is 30.3 Å². The van der Waals surface area contributed by atoms with E-state index in [1.807, 2.05) is 6.07 Å². The largest absolute Gasteiger partial charge is 0.462 e. The summed E-state index contributed by atoms with van der Waals surface area (Å²) in [7, 11) is 0. The number of aromatic nitrogens is 2. The highest BCUT2D eigenvalue weighted by molar-refractivity contribution is 5.93. The molecule has 0 fully saturated rings. The second-order valence-electron chi connectivity index (χ2n) is 3.98. The van der Waals surface area contributed by atoms with Gasteiger partial charge in [-0.1, -0.05) is 19.8 Å². The molecule has 0 aliphatic carbocycles. The topological polar surface area (TPSA) is 55.0 Å². The second-order valence-corrected chi connectivity index (χ2v) is 3.98. The zero-order valence-electron chi connectivity index (χ0n) is 9.90. The molecule has 2 aromatic rings. The molecule has 0 amide bonds. The van der Waals surface area contributed by atoms with E-state index in [0.29, 0.717) is 12.2 Å². The number of nitrogens with one attached hydrogen (secondary N) is 1. The molecule has 1 aromatic carbocycles. The Balaban J connectivity index is 1.98. The first-order valence-corrected chi connectivity index (χ1v) is 5.91. The van der Waals surface area contributed by atoms with Crippen LogP contribution in [0.25, 0.3) is 11.0 Å². The van der Waals surface area contributed by atoms with Crippen LogP contribution in [-0.4, -0.2) is 22.5 Å². The van der Waals surface area contributed by atoms with Gasteiger partial charge in [0.15, 0.2) is 0 Å². The summed E-state index contributed by atoms with van der Waals surface area (Å²) in [5.41, 5.74) is 2.27. The normalized spacial score (nSPS) is 10.6. The number of benzene rings is 1. The molecule has 0 saturated carbocycles. The fraction of sp³-hybridized carbons (Fsp3) is 0.385. The van der Waals surface area contributed by atoms with Crippen molar-refractivity contribution in [3.63, 3.8) is 0 Å². The average Bonchev–Trinajstić information content (AvgIpc) is 2.81. The number of H-pyrrole nitrogens is 1. The number of nitrogens with zero attached hydrogens (tertiary/aromatic N) is 1. The van der Waals surface area contributed by atoms with Gasteiger partial charge in [0.1, 0.15) is 0 Å². The van der Waals surface area contributed by atoms with Crippen molar-refractivity contribution in [2.75, 3.05) is 6.61 Å². The van der Waals surface area contributed by atoms with E-state index >= 15 is 0 Å². The number of carbonyl (C=O) groups excluding carboxylic acids is 1. The number of carbonyl (C=O) groups is 1. The van der Waals surface area contributed by atoms with Gasteiger partial charge >= 0.3 is 5.97 Å². The average molecular weight is 232 g/mol. The first kappa shape index (κ1) is 11.6. The van der Waals surface area contributed by atoms with Crippen molar-refractivity contribution in [2.45, 2.75) is 26.2 Å². The molecule has 0 unspecified atom stereocenters. The zero-order valence-corrected chi connectivity index (χ0v) is 9.90. The number of hydrogen-bond donors (Lipinski definition) is 1. The molecule has 4 nitrogen and oxygen atoms in total. The lowest BCUT2D eigenvalue weighted by molar-refractivity contribution is 0.0498. The fourth-order valence-corrected chi connectivity index (χ4v) is 1.66. The van der Waals surface area contributed by atoms with Crippen molar-refractivity contribution in [2.24, 2.45) is 0 Å². The van der Waals surface area contributed by atoms with Crippen molar-refractivity contribution in [1.29, 1.82) is 0 Å². The van der Waals surface area contributed by atoms with E-state index in [-0.39, 0.29) is 5.97 Å². The van der Waals surface area contributed by atoms with Crippen LogP contribution in [0.3, 0.4) is 0 Å². The summed E-state index contributed by atoms with van der Waals surface area (Å²) in [5.74, 6) is -0.272. The Bertz CT molecular complexity index is 505.